The number of benzene rings is 1. The zero-order chi connectivity index (χ0) is 13.4. The Kier molecular flexibility index (Phi) is 6.31. The summed E-state index contributed by atoms with van der Waals surface area (Å²) in [6, 6.07) is 10.4. The molecule has 18 heavy (non-hydrogen) atoms. The molecule has 0 spiro atoms. The molecule has 0 aromatic heterocycles. The molecule has 0 bridgehead atoms. The lowest BCUT2D eigenvalue weighted by atomic mass is 10.1. The van der Waals surface area contributed by atoms with Gasteiger partial charge in [-0.3, -0.25) is 0 Å². The number of rotatable bonds is 6. The molecule has 0 aliphatic rings. The average molecular weight is 256 g/mol. The Morgan fingerprint density at radius 2 is 1.89 bits per heavy atom. The maximum atomic E-state index is 4.03. The summed E-state index contributed by atoms with van der Waals surface area (Å²) in [5.41, 5.74) is 2.24. The lowest BCUT2D eigenvalue weighted by Crippen LogP contribution is -1.81. The van der Waals surface area contributed by atoms with Gasteiger partial charge in [-0.15, -0.1) is 0 Å². The number of thioether (sulfide) groups is 1. The minimum Gasteiger partial charge on any atom is -0.0985 e. The van der Waals surface area contributed by atoms with E-state index in [1.54, 1.807) is 11.8 Å². The fraction of sp³-hybridized carbons (Fsp3) is 0.176. The highest BCUT2D eigenvalue weighted by Gasteiger charge is 1.96. The molecule has 1 heteroatoms. The molecule has 0 unspecified atom stereocenters. The monoisotopic (exact) mass is 256 g/mol. The van der Waals surface area contributed by atoms with E-state index in [1.807, 2.05) is 12.1 Å². The third-order valence-corrected chi connectivity index (χ3v) is 3.54. The van der Waals surface area contributed by atoms with Gasteiger partial charge in [0.25, 0.3) is 0 Å². The third kappa shape index (κ3) is 4.80. The molecule has 0 aliphatic carbocycles. The first-order valence-electron chi connectivity index (χ1n) is 6.09. The second-order valence-corrected chi connectivity index (χ2v) is 5.30. The van der Waals surface area contributed by atoms with Crippen LogP contribution in [-0.4, -0.2) is 0 Å². The molecule has 1 aromatic carbocycles. The van der Waals surface area contributed by atoms with E-state index >= 15 is 0 Å². The first-order chi connectivity index (χ1) is 8.67. The van der Waals surface area contributed by atoms with Crippen LogP contribution in [0.3, 0.4) is 0 Å². The van der Waals surface area contributed by atoms with Crippen LogP contribution in [0, 0.1) is 0 Å². The summed E-state index contributed by atoms with van der Waals surface area (Å²) in [4.78, 5) is 2.51. The lowest BCUT2D eigenvalue weighted by molar-refractivity contribution is 1.13. The van der Waals surface area contributed by atoms with Crippen molar-refractivity contribution in [1.82, 2.24) is 0 Å². The Labute approximate surface area is 115 Å². The van der Waals surface area contributed by atoms with Crippen molar-refractivity contribution in [3.05, 3.63) is 77.8 Å². The Bertz CT molecular complexity index is 464. The van der Waals surface area contributed by atoms with Gasteiger partial charge in [0, 0.05) is 4.90 Å². The second-order valence-electron chi connectivity index (χ2n) is 3.98. The Balaban J connectivity index is 2.74. The van der Waals surface area contributed by atoms with Crippen LogP contribution >= 0.6 is 11.8 Å². The molecular weight excluding hydrogens is 236 g/mol. The summed E-state index contributed by atoms with van der Waals surface area (Å²) in [6.07, 6.45) is 7.03. The Hall–Kier alpha value is -1.47. The van der Waals surface area contributed by atoms with Gasteiger partial charge in [-0.25, -0.2) is 0 Å². The summed E-state index contributed by atoms with van der Waals surface area (Å²) in [6.45, 7) is 12.1. The summed E-state index contributed by atoms with van der Waals surface area (Å²) in [5.74, 6) is 0. The van der Waals surface area contributed by atoms with Crippen molar-refractivity contribution in [1.29, 1.82) is 0 Å². The molecule has 94 valence electrons. The van der Waals surface area contributed by atoms with Gasteiger partial charge in [0.15, 0.2) is 0 Å². The standard InChI is InChI=1S/C17H20S/c1-5-14(3)16(6-2)13-12-15(4)18-17-10-8-7-9-11-17/h6-13H,2-3,5H2,1,4H3/b15-12+,16-13+. The fourth-order valence-corrected chi connectivity index (χ4v) is 2.25. The molecule has 0 nitrogen and oxygen atoms in total. The minimum atomic E-state index is 0.955. The highest BCUT2D eigenvalue weighted by Crippen LogP contribution is 2.26. The van der Waals surface area contributed by atoms with Gasteiger partial charge < -0.3 is 0 Å². The maximum Gasteiger partial charge on any atom is 0.0118 e. The Morgan fingerprint density at radius 3 is 2.44 bits per heavy atom. The van der Waals surface area contributed by atoms with E-state index in [9.17, 15) is 0 Å². The first kappa shape index (κ1) is 14.6. The van der Waals surface area contributed by atoms with E-state index in [0.29, 0.717) is 0 Å². The van der Waals surface area contributed by atoms with E-state index in [4.69, 9.17) is 0 Å². The van der Waals surface area contributed by atoms with Gasteiger partial charge >= 0.3 is 0 Å². The maximum absolute atomic E-state index is 4.03. The van der Waals surface area contributed by atoms with Crippen LogP contribution in [0.15, 0.2) is 82.7 Å². The molecule has 0 amide bonds. The van der Waals surface area contributed by atoms with Crippen molar-refractivity contribution in [3.8, 4) is 0 Å². The minimum absolute atomic E-state index is 0.955. The summed E-state index contributed by atoms with van der Waals surface area (Å²) < 4.78 is 0. The smallest absolute Gasteiger partial charge is 0.0118 e. The Morgan fingerprint density at radius 1 is 1.22 bits per heavy atom. The molecular formula is C17H20S. The largest absolute Gasteiger partial charge is 0.0985 e. The van der Waals surface area contributed by atoms with Crippen molar-refractivity contribution >= 4 is 11.8 Å². The highest BCUT2D eigenvalue weighted by atomic mass is 32.2. The molecule has 0 fully saturated rings. The average Bonchev–Trinajstić information content (AvgIpc) is 2.40. The number of allylic oxidation sites excluding steroid dienone is 6. The molecule has 0 saturated carbocycles. The van der Waals surface area contributed by atoms with Gasteiger partial charge in [-0.05, 0) is 41.5 Å². The van der Waals surface area contributed by atoms with Crippen LogP contribution in [0.4, 0.5) is 0 Å². The zero-order valence-electron chi connectivity index (χ0n) is 11.1. The number of hydrogen-bond acceptors (Lipinski definition) is 1. The SMILES string of the molecule is C=C/C(=C\C=C(/C)Sc1ccccc1)C(=C)CC. The number of hydrogen-bond donors (Lipinski definition) is 0. The van der Waals surface area contributed by atoms with Gasteiger partial charge in [0.05, 0.1) is 0 Å². The normalized spacial score (nSPS) is 12.3. The predicted octanol–water partition coefficient (Wildman–Crippen LogP) is 5.76. The van der Waals surface area contributed by atoms with E-state index in [1.165, 1.54) is 9.80 Å². The van der Waals surface area contributed by atoms with Crippen LogP contribution in [-0.2, 0) is 0 Å². The molecule has 0 atom stereocenters. The summed E-state index contributed by atoms with van der Waals surface area (Å²) in [5, 5.41) is 0. The van der Waals surface area contributed by atoms with E-state index in [0.717, 1.165) is 17.6 Å². The topological polar surface area (TPSA) is 0 Å². The van der Waals surface area contributed by atoms with Crippen molar-refractivity contribution in [3.63, 3.8) is 0 Å². The van der Waals surface area contributed by atoms with Crippen LogP contribution in [0.5, 0.6) is 0 Å². The summed E-state index contributed by atoms with van der Waals surface area (Å²) >= 11 is 1.77. The first-order valence-corrected chi connectivity index (χ1v) is 6.91. The second kappa shape index (κ2) is 7.78. The van der Waals surface area contributed by atoms with Crippen molar-refractivity contribution in [2.24, 2.45) is 0 Å². The lowest BCUT2D eigenvalue weighted by Gasteiger charge is -2.03. The predicted molar refractivity (Wildman–Crippen MR) is 83.8 cm³/mol. The zero-order valence-corrected chi connectivity index (χ0v) is 12.0. The molecule has 0 N–H and O–H groups in total. The fourth-order valence-electron chi connectivity index (χ4n) is 1.45. The van der Waals surface area contributed by atoms with Crippen LogP contribution in [0.2, 0.25) is 0 Å². The van der Waals surface area contributed by atoms with Gasteiger partial charge in [0.1, 0.15) is 0 Å². The summed E-state index contributed by atoms with van der Waals surface area (Å²) in [7, 11) is 0. The molecule has 1 aromatic rings. The molecule has 0 aliphatic heterocycles. The molecule has 0 saturated heterocycles. The molecule has 1 rings (SSSR count). The third-order valence-electron chi connectivity index (χ3n) is 2.57. The quantitative estimate of drug-likeness (QED) is 0.460. The van der Waals surface area contributed by atoms with Gasteiger partial charge in [-0.1, -0.05) is 68.3 Å². The van der Waals surface area contributed by atoms with Crippen molar-refractivity contribution in [2.45, 2.75) is 25.2 Å². The highest BCUT2D eigenvalue weighted by molar-refractivity contribution is 8.03. The molecule has 0 radical (unpaired) electrons. The van der Waals surface area contributed by atoms with Crippen LogP contribution < -0.4 is 0 Å². The van der Waals surface area contributed by atoms with Crippen LogP contribution in [0.1, 0.15) is 20.3 Å². The van der Waals surface area contributed by atoms with Gasteiger partial charge in [-0.2, -0.15) is 0 Å². The van der Waals surface area contributed by atoms with Crippen molar-refractivity contribution in [2.75, 3.05) is 0 Å². The van der Waals surface area contributed by atoms with Crippen LogP contribution in [0.25, 0.3) is 0 Å². The van der Waals surface area contributed by atoms with E-state index < -0.39 is 0 Å². The van der Waals surface area contributed by atoms with E-state index in [-0.39, 0.29) is 0 Å². The van der Waals surface area contributed by atoms with Crippen molar-refractivity contribution < 1.29 is 0 Å². The van der Waals surface area contributed by atoms with Gasteiger partial charge in [0.2, 0.25) is 0 Å². The molecule has 0 heterocycles. The van der Waals surface area contributed by atoms with E-state index in [2.05, 4.69) is 63.4 Å².